The van der Waals surface area contributed by atoms with Gasteiger partial charge in [-0.2, -0.15) is 4.72 Å². The van der Waals surface area contributed by atoms with Gasteiger partial charge in [0.15, 0.2) is 0 Å². The molecule has 0 fully saturated rings. The van der Waals surface area contributed by atoms with Crippen LogP contribution in [0.3, 0.4) is 0 Å². The van der Waals surface area contributed by atoms with Crippen LogP contribution in [0.4, 0.5) is 0 Å². The van der Waals surface area contributed by atoms with Crippen LogP contribution in [0.2, 0.25) is 0 Å². The Kier molecular flexibility index (Phi) is 9.32. The number of nitrogens with two attached hydrogens (primary N) is 2. The van der Waals surface area contributed by atoms with Crippen molar-refractivity contribution < 1.29 is 23.2 Å². The number of hydrogen-bond acceptors (Lipinski definition) is 7. The Morgan fingerprint density at radius 3 is 2.35 bits per heavy atom. The van der Waals surface area contributed by atoms with Gasteiger partial charge in [0.05, 0.1) is 15.8 Å². The van der Waals surface area contributed by atoms with Crippen LogP contribution in [0.5, 0.6) is 0 Å². The second-order valence-corrected chi connectivity index (χ2v) is 11.2. The lowest BCUT2D eigenvalue weighted by Crippen LogP contribution is -2.43. The number of aromatic amines is 1. The van der Waals surface area contributed by atoms with Gasteiger partial charge in [-0.15, -0.1) is 0 Å². The minimum atomic E-state index is -4.21. The molecule has 214 valence electrons. The largest absolute Gasteiger partial charge is 0.480 e. The molecule has 3 aromatic rings. The molecule has 0 saturated heterocycles. The first kappa shape index (κ1) is 30.3. The van der Waals surface area contributed by atoms with E-state index in [2.05, 4.69) is 19.8 Å². The number of carboxylic acids is 1. The third kappa shape index (κ3) is 6.85. The van der Waals surface area contributed by atoms with E-state index >= 15 is 0 Å². The molecule has 0 aliphatic rings. The zero-order valence-electron chi connectivity index (χ0n) is 23.0. The maximum absolute atomic E-state index is 13.4. The number of sulfonamides is 1. The minimum absolute atomic E-state index is 0.0393. The van der Waals surface area contributed by atoms with Crippen molar-refractivity contribution in [2.45, 2.75) is 58.4 Å². The van der Waals surface area contributed by atoms with E-state index in [9.17, 15) is 23.1 Å². The molecule has 1 aromatic heterocycles. The Labute approximate surface area is 232 Å². The summed E-state index contributed by atoms with van der Waals surface area (Å²) in [6.45, 7) is 9.25. The van der Waals surface area contributed by atoms with Crippen molar-refractivity contribution in [1.82, 2.24) is 14.7 Å². The summed E-state index contributed by atoms with van der Waals surface area (Å²) < 4.78 is 29.1. The average Bonchev–Trinajstić information content (AvgIpc) is 2.87. The van der Waals surface area contributed by atoms with Gasteiger partial charge in [0, 0.05) is 12.8 Å². The van der Waals surface area contributed by atoms with Crippen molar-refractivity contribution in [3.8, 4) is 0 Å². The van der Waals surface area contributed by atoms with Crippen molar-refractivity contribution in [2.75, 3.05) is 6.61 Å². The summed E-state index contributed by atoms with van der Waals surface area (Å²) in [7, 11) is -4.21. The van der Waals surface area contributed by atoms with E-state index in [1.54, 1.807) is 38.1 Å². The van der Waals surface area contributed by atoms with Crippen molar-refractivity contribution in [1.29, 1.82) is 0 Å². The quantitative estimate of drug-likeness (QED) is 0.0989. The molecule has 0 spiro atoms. The molecular weight excluding hydrogens is 536 g/mol. The second-order valence-electron chi connectivity index (χ2n) is 9.50. The lowest BCUT2D eigenvalue weighted by atomic mass is 9.95. The summed E-state index contributed by atoms with van der Waals surface area (Å²) >= 11 is 0. The molecule has 0 saturated carbocycles. The highest BCUT2D eigenvalue weighted by molar-refractivity contribution is 7.89. The zero-order valence-corrected chi connectivity index (χ0v) is 23.8. The van der Waals surface area contributed by atoms with Gasteiger partial charge in [0.1, 0.15) is 18.5 Å². The van der Waals surface area contributed by atoms with Gasteiger partial charge < -0.3 is 26.4 Å². The Morgan fingerprint density at radius 1 is 1.12 bits per heavy atom. The van der Waals surface area contributed by atoms with E-state index < -0.39 is 27.6 Å². The summed E-state index contributed by atoms with van der Waals surface area (Å²) in [4.78, 5) is 36.8. The molecule has 0 radical (unpaired) electrons. The number of carbonyl (C=O) groups is 1. The number of H-pyrrole nitrogens is 1. The van der Waals surface area contributed by atoms with Crippen LogP contribution in [0.15, 0.2) is 39.1 Å². The molecule has 0 bridgehead atoms. The average molecular weight is 571 g/mol. The fourth-order valence-corrected chi connectivity index (χ4v) is 6.14. The number of aromatic nitrogens is 2. The van der Waals surface area contributed by atoms with Crippen LogP contribution in [0.1, 0.15) is 45.6 Å². The summed E-state index contributed by atoms with van der Waals surface area (Å²) in [6.07, 6.45) is 3.78. The smallest absolute Gasteiger partial charge is 0.322 e. The maximum Gasteiger partial charge on any atom is 0.322 e. The van der Waals surface area contributed by atoms with Gasteiger partial charge >= 0.3 is 5.97 Å². The number of oxime groups is 1. The molecule has 12 nitrogen and oxygen atoms in total. The monoisotopic (exact) mass is 570 g/mol. The Hall–Kier alpha value is -4.23. The summed E-state index contributed by atoms with van der Waals surface area (Å²) in [6, 6.07) is 3.46. The minimum Gasteiger partial charge on any atom is -0.480 e. The summed E-state index contributed by atoms with van der Waals surface area (Å²) in [5.41, 5.74) is 14.7. The number of benzene rings is 2. The van der Waals surface area contributed by atoms with Gasteiger partial charge in [0.25, 0.3) is 5.56 Å². The Bertz CT molecular complexity index is 1640. The van der Waals surface area contributed by atoms with Crippen molar-refractivity contribution >= 4 is 38.9 Å². The van der Waals surface area contributed by atoms with Crippen molar-refractivity contribution in [3.05, 3.63) is 73.8 Å². The molecule has 1 heterocycles. The third-order valence-corrected chi connectivity index (χ3v) is 8.57. The summed E-state index contributed by atoms with van der Waals surface area (Å²) in [5, 5.41) is 13.6. The second kappa shape index (κ2) is 12.3. The molecule has 1 atom stereocenters. The molecule has 7 N–H and O–H groups in total. The number of nitrogens with one attached hydrogen (secondary N) is 2. The van der Waals surface area contributed by atoms with Crippen LogP contribution in [0, 0.1) is 34.6 Å². The summed E-state index contributed by atoms with van der Waals surface area (Å²) in [5.74, 6) is -1.53. The fraction of sp³-hybridized carbons (Fsp3) is 0.333. The van der Waals surface area contributed by atoms with Gasteiger partial charge in [-0.3, -0.25) is 9.59 Å². The zero-order chi connectivity index (χ0) is 29.8. The van der Waals surface area contributed by atoms with Crippen molar-refractivity contribution in [2.24, 2.45) is 16.6 Å². The third-order valence-electron chi connectivity index (χ3n) is 6.83. The number of aliphatic carboxylic acids is 1. The maximum atomic E-state index is 13.4. The van der Waals surface area contributed by atoms with E-state index in [4.69, 9.17) is 16.3 Å². The van der Waals surface area contributed by atoms with Crippen LogP contribution in [0.25, 0.3) is 17.0 Å². The van der Waals surface area contributed by atoms with Gasteiger partial charge in [0.2, 0.25) is 16.0 Å². The highest BCUT2D eigenvalue weighted by atomic mass is 32.2. The highest BCUT2D eigenvalue weighted by Gasteiger charge is 2.30. The molecule has 3 rings (SSSR count). The van der Waals surface area contributed by atoms with Crippen LogP contribution in [-0.2, 0) is 26.1 Å². The number of nitrogens with zero attached hydrogens (tertiary/aromatic N) is 2. The molecule has 0 unspecified atom stereocenters. The van der Waals surface area contributed by atoms with Gasteiger partial charge in [-0.25, -0.2) is 13.4 Å². The number of fused-ring (bicyclic) bond motifs is 1. The van der Waals surface area contributed by atoms with Crippen LogP contribution >= 0.6 is 0 Å². The molecule has 13 heteroatoms. The molecule has 0 aliphatic carbocycles. The van der Waals surface area contributed by atoms with Crippen LogP contribution in [-0.4, -0.2) is 48.1 Å². The highest BCUT2D eigenvalue weighted by Crippen LogP contribution is 2.29. The molecule has 2 aromatic carbocycles. The normalized spacial score (nSPS) is 12.5. The molecule has 40 heavy (non-hydrogen) atoms. The number of rotatable bonds is 11. The SMILES string of the molecule is Cc1c(C)c(C)c(S(=O)(=O)N[C@@H](Cc2nc3ccc(C=CCCON=C(N)N)cc3c(=O)[nH]2)C(=O)O)c(C)c1C. The first-order valence-electron chi connectivity index (χ1n) is 12.5. The fourth-order valence-electron chi connectivity index (χ4n) is 4.35. The first-order chi connectivity index (χ1) is 18.7. The first-order valence-corrected chi connectivity index (χ1v) is 13.9. The van der Waals surface area contributed by atoms with E-state index in [1.807, 2.05) is 26.8 Å². The Morgan fingerprint density at radius 2 is 1.75 bits per heavy atom. The van der Waals surface area contributed by atoms with Gasteiger partial charge in [-0.05, 0) is 85.3 Å². The number of guanidine groups is 1. The predicted molar refractivity (Wildman–Crippen MR) is 153 cm³/mol. The number of carboxylic acid groups (broad SMARTS) is 1. The molecule has 0 aliphatic heterocycles. The molecule has 0 amide bonds. The number of hydrogen-bond donors (Lipinski definition) is 5. The van der Waals surface area contributed by atoms with Gasteiger partial charge in [-0.1, -0.05) is 18.2 Å². The van der Waals surface area contributed by atoms with E-state index in [0.717, 1.165) is 22.3 Å². The van der Waals surface area contributed by atoms with Crippen LogP contribution < -0.4 is 21.7 Å². The van der Waals surface area contributed by atoms with E-state index in [1.165, 1.54) is 0 Å². The predicted octanol–water partition coefficient (Wildman–Crippen LogP) is 2.05. The van der Waals surface area contributed by atoms with Crippen molar-refractivity contribution in [3.63, 3.8) is 0 Å². The lowest BCUT2D eigenvalue weighted by Gasteiger charge is -2.21. The topological polar surface area (TPSA) is 203 Å². The standard InChI is InChI=1S/C27H34N6O6S/c1-14-15(2)17(4)24(18(5)16(14)3)40(37,38)33-22(26(35)36)13-23-30-21-10-9-19(12-20(21)25(34)31-23)8-6-7-11-39-32-27(28)29/h6,8-10,12,22,33H,7,11,13H2,1-5H3,(H,35,36)(H4,28,29,32)(H,30,31,34)/t22-/m0/s1. The molecular formula is C27H34N6O6S. The lowest BCUT2D eigenvalue weighted by molar-refractivity contribution is -0.139. The Balaban J connectivity index is 1.84. The van der Waals surface area contributed by atoms with E-state index in [-0.39, 0.29) is 29.7 Å². The van der Waals surface area contributed by atoms with E-state index in [0.29, 0.717) is 28.5 Å².